The SMILES string of the molecule is CC(C)(C)CCN1CCC2(CC1)CC2CNc1ccc(I)nn1. The molecule has 2 heterocycles. The minimum atomic E-state index is 0.454. The van der Waals surface area contributed by atoms with Crippen molar-refractivity contribution in [1.82, 2.24) is 15.1 Å². The number of hydrogen-bond acceptors (Lipinski definition) is 4. The average molecular weight is 428 g/mol. The van der Waals surface area contributed by atoms with Crippen molar-refractivity contribution >= 4 is 28.4 Å². The van der Waals surface area contributed by atoms with Crippen LogP contribution in [-0.4, -0.2) is 41.3 Å². The summed E-state index contributed by atoms with van der Waals surface area (Å²) in [6.07, 6.45) is 5.45. The summed E-state index contributed by atoms with van der Waals surface area (Å²) in [6, 6.07) is 4.03. The minimum absolute atomic E-state index is 0.454. The first-order valence-electron chi connectivity index (χ1n) is 8.82. The number of nitrogens with zero attached hydrogens (tertiary/aromatic N) is 3. The maximum absolute atomic E-state index is 4.19. The normalized spacial score (nSPS) is 23.9. The second-order valence-electron chi connectivity index (χ2n) is 8.54. The summed E-state index contributed by atoms with van der Waals surface area (Å²) >= 11 is 2.19. The molecule has 1 saturated heterocycles. The van der Waals surface area contributed by atoms with Gasteiger partial charge in [-0.25, -0.2) is 0 Å². The van der Waals surface area contributed by atoms with Gasteiger partial charge in [0, 0.05) is 6.54 Å². The maximum Gasteiger partial charge on any atom is 0.148 e. The standard InChI is InChI=1S/C18H29IN4/c1-17(2,3)6-9-23-10-7-18(8-11-23)12-14(18)13-20-16-5-4-15(19)21-22-16/h4-5,14H,6-13H2,1-3H3,(H,20,22). The molecule has 3 rings (SSSR count). The van der Waals surface area contributed by atoms with E-state index in [-0.39, 0.29) is 0 Å². The molecule has 4 nitrogen and oxygen atoms in total. The van der Waals surface area contributed by atoms with E-state index < -0.39 is 0 Å². The molecular weight excluding hydrogens is 399 g/mol. The van der Waals surface area contributed by atoms with Gasteiger partial charge in [0.1, 0.15) is 9.52 Å². The molecule has 1 aromatic heterocycles. The number of anilines is 1. The van der Waals surface area contributed by atoms with Gasteiger partial charge in [-0.15, -0.1) is 10.2 Å². The molecule has 0 amide bonds. The van der Waals surface area contributed by atoms with Crippen LogP contribution >= 0.6 is 22.6 Å². The van der Waals surface area contributed by atoms with Crippen molar-refractivity contribution in [3.05, 3.63) is 15.8 Å². The van der Waals surface area contributed by atoms with Crippen LogP contribution in [0.1, 0.15) is 46.5 Å². The number of piperidine rings is 1. The summed E-state index contributed by atoms with van der Waals surface area (Å²) < 4.78 is 0.943. The molecule has 2 aliphatic rings. The lowest BCUT2D eigenvalue weighted by atomic mass is 9.88. The van der Waals surface area contributed by atoms with Crippen LogP contribution in [0.15, 0.2) is 12.1 Å². The van der Waals surface area contributed by atoms with Crippen LogP contribution in [0.25, 0.3) is 0 Å². The van der Waals surface area contributed by atoms with E-state index >= 15 is 0 Å². The summed E-state index contributed by atoms with van der Waals surface area (Å²) in [6.45, 7) is 11.9. The van der Waals surface area contributed by atoms with Crippen LogP contribution in [0.5, 0.6) is 0 Å². The maximum atomic E-state index is 4.19. The zero-order valence-electron chi connectivity index (χ0n) is 14.6. The van der Waals surface area contributed by atoms with Crippen LogP contribution < -0.4 is 5.32 Å². The zero-order chi connectivity index (χ0) is 16.5. The van der Waals surface area contributed by atoms with Gasteiger partial charge in [-0.3, -0.25) is 0 Å². The first kappa shape index (κ1) is 17.4. The van der Waals surface area contributed by atoms with Gasteiger partial charge in [-0.05, 0) is 96.8 Å². The van der Waals surface area contributed by atoms with Gasteiger partial charge in [-0.2, -0.15) is 0 Å². The Morgan fingerprint density at radius 1 is 1.26 bits per heavy atom. The lowest BCUT2D eigenvalue weighted by Crippen LogP contribution is -2.37. The number of rotatable bonds is 5. The highest BCUT2D eigenvalue weighted by molar-refractivity contribution is 14.1. The molecule has 0 bridgehead atoms. The Balaban J connectivity index is 1.39. The van der Waals surface area contributed by atoms with Crippen molar-refractivity contribution in [2.75, 3.05) is 31.5 Å². The third-order valence-electron chi connectivity index (χ3n) is 5.55. The van der Waals surface area contributed by atoms with E-state index in [9.17, 15) is 0 Å². The molecule has 1 aliphatic heterocycles. The Kier molecular flexibility index (Phi) is 5.16. The van der Waals surface area contributed by atoms with Gasteiger partial charge >= 0.3 is 0 Å². The van der Waals surface area contributed by atoms with E-state index in [1.165, 1.54) is 45.3 Å². The Morgan fingerprint density at radius 2 is 2.00 bits per heavy atom. The third kappa shape index (κ3) is 4.78. The molecule has 1 spiro atoms. The quantitative estimate of drug-likeness (QED) is 0.720. The van der Waals surface area contributed by atoms with Crippen LogP contribution in [-0.2, 0) is 0 Å². The molecule has 1 atom stereocenters. The first-order valence-corrected chi connectivity index (χ1v) is 9.90. The topological polar surface area (TPSA) is 41.0 Å². The number of hydrogen-bond donors (Lipinski definition) is 1. The minimum Gasteiger partial charge on any atom is -0.368 e. The van der Waals surface area contributed by atoms with E-state index in [4.69, 9.17) is 0 Å². The van der Waals surface area contributed by atoms with Crippen LogP contribution in [0, 0.1) is 20.4 Å². The molecule has 1 N–H and O–H groups in total. The Labute approximate surface area is 154 Å². The Bertz CT molecular complexity index is 515. The fourth-order valence-electron chi connectivity index (χ4n) is 3.69. The lowest BCUT2D eigenvalue weighted by Gasteiger charge is -2.34. The summed E-state index contributed by atoms with van der Waals surface area (Å²) in [5.74, 6) is 1.74. The second-order valence-corrected chi connectivity index (χ2v) is 9.64. The van der Waals surface area contributed by atoms with Gasteiger partial charge in [0.25, 0.3) is 0 Å². The fourth-order valence-corrected chi connectivity index (χ4v) is 3.97. The van der Waals surface area contributed by atoms with Gasteiger partial charge < -0.3 is 10.2 Å². The molecule has 1 aromatic rings. The molecule has 1 aliphatic carbocycles. The summed E-state index contributed by atoms with van der Waals surface area (Å²) in [5, 5.41) is 11.8. The molecule has 0 aromatic carbocycles. The molecule has 1 unspecified atom stereocenters. The molecular formula is C18H29IN4. The average Bonchev–Trinajstić information content (AvgIpc) is 3.18. The van der Waals surface area contributed by atoms with E-state index in [1.807, 2.05) is 12.1 Å². The molecule has 5 heteroatoms. The van der Waals surface area contributed by atoms with Crippen LogP contribution in [0.3, 0.4) is 0 Å². The Morgan fingerprint density at radius 3 is 2.61 bits per heavy atom. The van der Waals surface area contributed by atoms with Crippen molar-refractivity contribution in [3.63, 3.8) is 0 Å². The van der Waals surface area contributed by atoms with Gasteiger partial charge in [0.15, 0.2) is 0 Å². The lowest BCUT2D eigenvalue weighted by molar-refractivity contribution is 0.147. The zero-order valence-corrected chi connectivity index (χ0v) is 16.8. The first-order chi connectivity index (χ1) is 10.9. The smallest absolute Gasteiger partial charge is 0.148 e. The number of aromatic nitrogens is 2. The highest BCUT2D eigenvalue weighted by Crippen LogP contribution is 2.59. The van der Waals surface area contributed by atoms with E-state index in [0.717, 1.165) is 22.0 Å². The molecule has 0 radical (unpaired) electrons. The van der Waals surface area contributed by atoms with Crippen molar-refractivity contribution in [3.8, 4) is 0 Å². The van der Waals surface area contributed by atoms with Crippen LogP contribution in [0.2, 0.25) is 0 Å². The third-order valence-corrected chi connectivity index (χ3v) is 6.13. The summed E-state index contributed by atoms with van der Waals surface area (Å²) in [4.78, 5) is 2.67. The van der Waals surface area contributed by atoms with Gasteiger partial charge in [-0.1, -0.05) is 20.8 Å². The van der Waals surface area contributed by atoms with Crippen molar-refractivity contribution in [2.24, 2.45) is 16.7 Å². The number of nitrogens with one attached hydrogen (secondary N) is 1. The van der Waals surface area contributed by atoms with Crippen molar-refractivity contribution in [2.45, 2.75) is 46.5 Å². The highest BCUT2D eigenvalue weighted by atomic mass is 127. The summed E-state index contributed by atoms with van der Waals surface area (Å²) in [5.41, 5.74) is 1.08. The second kappa shape index (κ2) is 6.82. The Hall–Kier alpha value is -0.430. The molecule has 1 saturated carbocycles. The fraction of sp³-hybridized carbons (Fsp3) is 0.778. The molecule has 128 valence electrons. The van der Waals surface area contributed by atoms with Gasteiger partial charge in [0.05, 0.1) is 0 Å². The largest absolute Gasteiger partial charge is 0.368 e. The van der Waals surface area contributed by atoms with Crippen LogP contribution in [0.4, 0.5) is 5.82 Å². The van der Waals surface area contributed by atoms with Crippen molar-refractivity contribution in [1.29, 1.82) is 0 Å². The monoisotopic (exact) mass is 428 g/mol. The van der Waals surface area contributed by atoms with E-state index in [1.54, 1.807) is 0 Å². The molecule has 23 heavy (non-hydrogen) atoms. The van der Waals surface area contributed by atoms with E-state index in [2.05, 4.69) is 63.8 Å². The van der Waals surface area contributed by atoms with Crippen molar-refractivity contribution < 1.29 is 0 Å². The summed E-state index contributed by atoms with van der Waals surface area (Å²) in [7, 11) is 0. The predicted octanol–water partition coefficient (Wildman–Crippen LogP) is 4.03. The van der Waals surface area contributed by atoms with E-state index in [0.29, 0.717) is 10.8 Å². The van der Waals surface area contributed by atoms with Gasteiger partial charge in [0.2, 0.25) is 0 Å². The number of likely N-dealkylation sites (tertiary alicyclic amines) is 1. The number of halogens is 1. The molecule has 2 fully saturated rings. The highest BCUT2D eigenvalue weighted by Gasteiger charge is 2.54. The predicted molar refractivity (Wildman–Crippen MR) is 104 cm³/mol.